The highest BCUT2D eigenvalue weighted by atomic mass is 127. The summed E-state index contributed by atoms with van der Waals surface area (Å²) in [5.74, 6) is -1.31. The van der Waals surface area contributed by atoms with Crippen molar-refractivity contribution < 1.29 is 34.4 Å². The van der Waals surface area contributed by atoms with Gasteiger partial charge < -0.3 is 15.4 Å². The third-order valence-electron chi connectivity index (χ3n) is 4.48. The number of alkyl halides is 1. The molecule has 12 heteroatoms. The maximum absolute atomic E-state index is 11.9. The Labute approximate surface area is 202 Å². The van der Waals surface area contributed by atoms with Crippen LogP contribution in [-0.2, 0) is 24.0 Å². The SMILES string of the molecule is O=CCCC(=O)N(O)CCCCCNC(=O)CCC(=O)N(O)CCCCCNC(=O)CI. The van der Waals surface area contributed by atoms with E-state index in [9.17, 15) is 34.4 Å². The maximum Gasteiger partial charge on any atom is 0.246 e. The molecule has 0 saturated heterocycles. The van der Waals surface area contributed by atoms with E-state index in [0.717, 1.165) is 12.8 Å². The first-order valence-electron chi connectivity index (χ1n) is 10.8. The molecule has 184 valence electrons. The molecular formula is C20H35IN4O7. The van der Waals surface area contributed by atoms with Gasteiger partial charge in [-0.1, -0.05) is 22.6 Å². The number of rotatable bonds is 19. The van der Waals surface area contributed by atoms with Crippen LogP contribution in [0.4, 0.5) is 0 Å². The summed E-state index contributed by atoms with van der Waals surface area (Å²) in [4.78, 5) is 56.4. The van der Waals surface area contributed by atoms with Gasteiger partial charge in [-0.15, -0.1) is 0 Å². The quantitative estimate of drug-likeness (QED) is 0.0454. The lowest BCUT2D eigenvalue weighted by molar-refractivity contribution is -0.166. The molecule has 0 aromatic heterocycles. The van der Waals surface area contributed by atoms with Crippen LogP contribution in [0.15, 0.2) is 0 Å². The highest BCUT2D eigenvalue weighted by molar-refractivity contribution is 14.1. The third kappa shape index (κ3) is 16.8. The number of amides is 4. The first kappa shape index (κ1) is 30.2. The summed E-state index contributed by atoms with van der Waals surface area (Å²) in [5.41, 5.74) is 0. The number of nitrogens with zero attached hydrogens (tertiary/aromatic N) is 2. The zero-order valence-corrected chi connectivity index (χ0v) is 20.5. The van der Waals surface area contributed by atoms with Crippen molar-refractivity contribution in [2.75, 3.05) is 30.6 Å². The number of nitrogens with one attached hydrogen (secondary N) is 2. The fourth-order valence-electron chi connectivity index (χ4n) is 2.63. The van der Waals surface area contributed by atoms with Gasteiger partial charge in [0.05, 0.1) is 4.43 Å². The smallest absolute Gasteiger partial charge is 0.246 e. The molecule has 0 fully saturated rings. The fourth-order valence-corrected chi connectivity index (χ4v) is 2.90. The summed E-state index contributed by atoms with van der Waals surface area (Å²) in [6.45, 7) is 1.33. The topological polar surface area (TPSA) is 156 Å². The molecule has 0 aromatic carbocycles. The van der Waals surface area contributed by atoms with Gasteiger partial charge >= 0.3 is 0 Å². The van der Waals surface area contributed by atoms with Gasteiger partial charge in [0.2, 0.25) is 23.6 Å². The van der Waals surface area contributed by atoms with Gasteiger partial charge in [-0.2, -0.15) is 0 Å². The van der Waals surface area contributed by atoms with Gasteiger partial charge in [-0.05, 0) is 38.5 Å². The van der Waals surface area contributed by atoms with E-state index in [1.165, 1.54) is 0 Å². The van der Waals surface area contributed by atoms with Gasteiger partial charge in [-0.25, -0.2) is 10.1 Å². The standard InChI is InChI=1S/C20H35IN4O7/c21-16-18(28)23-12-4-2-6-14-25(32)20(30)10-9-17(27)22-11-3-1-5-13-24(31)19(29)8-7-15-26/h15,31-32H,1-14,16H2,(H,22,27)(H,23,28). The molecule has 4 amide bonds. The predicted molar refractivity (Wildman–Crippen MR) is 124 cm³/mol. The van der Waals surface area contributed by atoms with Gasteiger partial charge in [0, 0.05) is 51.9 Å². The van der Waals surface area contributed by atoms with Crippen LogP contribution in [0.5, 0.6) is 0 Å². The van der Waals surface area contributed by atoms with Crippen LogP contribution in [0.3, 0.4) is 0 Å². The third-order valence-corrected chi connectivity index (χ3v) is 5.17. The molecule has 0 aromatic rings. The predicted octanol–water partition coefficient (Wildman–Crippen LogP) is 1.19. The molecule has 0 rings (SSSR count). The van der Waals surface area contributed by atoms with Crippen molar-refractivity contribution in [2.45, 2.75) is 64.2 Å². The molecule has 0 radical (unpaired) electrons. The van der Waals surface area contributed by atoms with Crippen LogP contribution in [0.25, 0.3) is 0 Å². The number of carbonyl (C=O) groups is 5. The molecule has 0 aliphatic rings. The van der Waals surface area contributed by atoms with Crippen LogP contribution in [0, 0.1) is 0 Å². The van der Waals surface area contributed by atoms with E-state index in [1.54, 1.807) is 0 Å². The first-order chi connectivity index (χ1) is 15.3. The Balaban J connectivity index is 3.69. The Bertz CT molecular complexity index is 592. The van der Waals surface area contributed by atoms with Crippen molar-refractivity contribution in [2.24, 2.45) is 0 Å². The summed E-state index contributed by atoms with van der Waals surface area (Å²) in [6, 6.07) is 0. The average molecular weight is 570 g/mol. The molecule has 0 unspecified atom stereocenters. The number of unbranched alkanes of at least 4 members (excludes halogenated alkanes) is 4. The molecule has 0 saturated carbocycles. The summed E-state index contributed by atoms with van der Waals surface area (Å²) in [5, 5.41) is 25.9. The Morgan fingerprint density at radius 3 is 1.72 bits per heavy atom. The molecule has 0 heterocycles. The van der Waals surface area contributed by atoms with Crippen LogP contribution < -0.4 is 10.6 Å². The molecule has 11 nitrogen and oxygen atoms in total. The van der Waals surface area contributed by atoms with E-state index in [4.69, 9.17) is 0 Å². The average Bonchev–Trinajstić information content (AvgIpc) is 2.79. The molecule has 0 aliphatic carbocycles. The number of hydrogen-bond donors (Lipinski definition) is 4. The lowest BCUT2D eigenvalue weighted by Gasteiger charge is -2.15. The van der Waals surface area contributed by atoms with Gasteiger partial charge in [0.25, 0.3) is 0 Å². The van der Waals surface area contributed by atoms with E-state index >= 15 is 0 Å². The number of aldehydes is 1. The van der Waals surface area contributed by atoms with Crippen LogP contribution in [0.2, 0.25) is 0 Å². The monoisotopic (exact) mass is 570 g/mol. The van der Waals surface area contributed by atoms with Crippen molar-refractivity contribution >= 4 is 52.5 Å². The van der Waals surface area contributed by atoms with E-state index < -0.39 is 11.8 Å². The zero-order valence-electron chi connectivity index (χ0n) is 18.4. The summed E-state index contributed by atoms with van der Waals surface area (Å²) in [7, 11) is 0. The van der Waals surface area contributed by atoms with Crippen LogP contribution in [-0.4, -0.2) is 81.1 Å². The Hall–Kier alpha value is -1.80. The highest BCUT2D eigenvalue weighted by Crippen LogP contribution is 2.02. The molecular weight excluding hydrogens is 535 g/mol. The minimum Gasteiger partial charge on any atom is -0.356 e. The Morgan fingerprint density at radius 2 is 1.22 bits per heavy atom. The number of hydroxylamine groups is 4. The van der Waals surface area contributed by atoms with Gasteiger partial charge in [0.15, 0.2) is 0 Å². The van der Waals surface area contributed by atoms with Gasteiger partial charge in [0.1, 0.15) is 6.29 Å². The minimum atomic E-state index is -0.513. The lowest BCUT2D eigenvalue weighted by Crippen LogP contribution is -2.31. The molecule has 0 atom stereocenters. The van der Waals surface area contributed by atoms with E-state index in [1.807, 2.05) is 22.6 Å². The van der Waals surface area contributed by atoms with Crippen molar-refractivity contribution in [3.8, 4) is 0 Å². The normalized spacial score (nSPS) is 10.3. The Morgan fingerprint density at radius 1 is 0.719 bits per heavy atom. The highest BCUT2D eigenvalue weighted by Gasteiger charge is 2.13. The van der Waals surface area contributed by atoms with Crippen molar-refractivity contribution in [3.05, 3.63) is 0 Å². The molecule has 0 aliphatic heterocycles. The van der Waals surface area contributed by atoms with Gasteiger partial charge in [-0.3, -0.25) is 29.6 Å². The number of hydrogen-bond acceptors (Lipinski definition) is 7. The second-order valence-electron chi connectivity index (χ2n) is 7.19. The van der Waals surface area contributed by atoms with E-state index in [-0.39, 0.29) is 50.6 Å². The van der Waals surface area contributed by atoms with Crippen LogP contribution in [0.1, 0.15) is 64.2 Å². The minimum absolute atomic E-state index is 0.0152. The Kier molecular flexibility index (Phi) is 18.7. The van der Waals surface area contributed by atoms with E-state index in [2.05, 4.69) is 10.6 Å². The van der Waals surface area contributed by atoms with E-state index in [0.29, 0.717) is 59.6 Å². The fraction of sp³-hybridized carbons (Fsp3) is 0.750. The first-order valence-corrected chi connectivity index (χ1v) is 12.4. The van der Waals surface area contributed by atoms with Crippen LogP contribution >= 0.6 is 22.6 Å². The summed E-state index contributed by atoms with van der Waals surface area (Å²) >= 11 is 1.98. The van der Waals surface area contributed by atoms with Crippen molar-refractivity contribution in [3.63, 3.8) is 0 Å². The zero-order chi connectivity index (χ0) is 24.2. The maximum atomic E-state index is 11.9. The second-order valence-corrected chi connectivity index (χ2v) is 7.96. The molecule has 4 N–H and O–H groups in total. The summed E-state index contributed by atoms with van der Waals surface area (Å²) < 4.78 is 0.416. The number of halogens is 1. The summed E-state index contributed by atoms with van der Waals surface area (Å²) in [6.07, 6.45) is 4.60. The second kappa shape index (κ2) is 19.9. The van der Waals surface area contributed by atoms with Crippen molar-refractivity contribution in [1.82, 2.24) is 20.8 Å². The molecule has 0 spiro atoms. The van der Waals surface area contributed by atoms with Crippen molar-refractivity contribution in [1.29, 1.82) is 0 Å². The lowest BCUT2D eigenvalue weighted by atomic mass is 10.2. The largest absolute Gasteiger partial charge is 0.356 e. The number of carbonyl (C=O) groups excluding carboxylic acids is 5. The molecule has 32 heavy (non-hydrogen) atoms. The molecule has 0 bridgehead atoms.